The van der Waals surface area contributed by atoms with E-state index in [1.165, 1.54) is 60.7 Å². The van der Waals surface area contributed by atoms with E-state index in [9.17, 15) is 4.79 Å². The van der Waals surface area contributed by atoms with E-state index in [1.54, 1.807) is 0 Å². The zero-order valence-electron chi connectivity index (χ0n) is 18.1. The summed E-state index contributed by atoms with van der Waals surface area (Å²) in [4.78, 5) is 16.7. The Kier molecular flexibility index (Phi) is 6.08. The minimum absolute atomic E-state index is 0.148. The lowest BCUT2D eigenvalue weighted by atomic mass is 9.86. The molecule has 0 amide bonds. The summed E-state index contributed by atoms with van der Waals surface area (Å²) >= 11 is 0. The Morgan fingerprint density at radius 2 is 1.68 bits per heavy atom. The van der Waals surface area contributed by atoms with Crippen LogP contribution in [0.4, 0.5) is 0 Å². The summed E-state index contributed by atoms with van der Waals surface area (Å²) in [5.41, 5.74) is 4.75. The van der Waals surface area contributed by atoms with Gasteiger partial charge in [-0.3, -0.25) is 10.1 Å². The number of H-pyrrole nitrogens is 1. The molecule has 1 aromatic heterocycles. The number of carbonyl (C=O) groups is 1. The van der Waals surface area contributed by atoms with Crippen LogP contribution in [-0.4, -0.2) is 17.0 Å². The third-order valence-corrected chi connectivity index (χ3v) is 7.06. The van der Waals surface area contributed by atoms with Gasteiger partial charge in [0.25, 0.3) is 0 Å². The second-order valence-electron chi connectivity index (χ2n) is 9.23. The maximum Gasteiger partial charge on any atom is 0.323 e. The number of hydrogen-bond donors (Lipinski definition) is 2. The van der Waals surface area contributed by atoms with Gasteiger partial charge in [-0.15, -0.1) is 0 Å². The van der Waals surface area contributed by atoms with Gasteiger partial charge in [-0.2, -0.15) is 0 Å². The van der Waals surface area contributed by atoms with Crippen molar-refractivity contribution in [1.82, 2.24) is 10.3 Å². The molecule has 31 heavy (non-hydrogen) atoms. The number of aromatic nitrogens is 1. The zero-order valence-corrected chi connectivity index (χ0v) is 18.1. The minimum atomic E-state index is -0.300. The second-order valence-corrected chi connectivity index (χ2v) is 9.23. The van der Waals surface area contributed by atoms with Crippen LogP contribution in [0, 0.1) is 5.92 Å². The van der Waals surface area contributed by atoms with Crippen molar-refractivity contribution >= 4 is 16.9 Å². The van der Waals surface area contributed by atoms with Gasteiger partial charge in [-0.25, -0.2) is 0 Å². The Morgan fingerprint density at radius 3 is 2.48 bits per heavy atom. The average Bonchev–Trinajstić information content (AvgIpc) is 2.99. The number of ether oxygens (including phenoxy) is 1. The van der Waals surface area contributed by atoms with E-state index in [4.69, 9.17) is 4.74 Å². The maximum absolute atomic E-state index is 13.0. The number of esters is 1. The molecule has 0 bridgehead atoms. The Balaban J connectivity index is 1.37. The molecule has 1 fully saturated rings. The normalized spacial score (nSPS) is 22.1. The predicted octanol–water partition coefficient (Wildman–Crippen LogP) is 5.83. The Bertz CT molecular complexity index is 1020. The van der Waals surface area contributed by atoms with Crippen LogP contribution in [0.1, 0.15) is 67.8 Å². The van der Waals surface area contributed by atoms with Gasteiger partial charge in [0, 0.05) is 29.1 Å². The Hall–Kier alpha value is -2.59. The summed E-state index contributed by atoms with van der Waals surface area (Å²) in [6, 6.07) is 18.3. The molecule has 162 valence electrons. The molecule has 0 radical (unpaired) electrons. The second kappa shape index (κ2) is 9.27. The smallest absolute Gasteiger partial charge is 0.323 e. The van der Waals surface area contributed by atoms with Crippen molar-refractivity contribution < 1.29 is 9.53 Å². The zero-order chi connectivity index (χ0) is 21.0. The van der Waals surface area contributed by atoms with Crippen LogP contribution in [-0.2, 0) is 22.6 Å². The van der Waals surface area contributed by atoms with Crippen molar-refractivity contribution in [1.29, 1.82) is 0 Å². The van der Waals surface area contributed by atoms with Gasteiger partial charge in [0.1, 0.15) is 12.6 Å². The lowest BCUT2D eigenvalue weighted by Gasteiger charge is -2.32. The average molecular weight is 417 g/mol. The van der Waals surface area contributed by atoms with Crippen molar-refractivity contribution in [3.05, 3.63) is 71.4 Å². The number of rotatable bonds is 5. The molecule has 4 nitrogen and oxygen atoms in total. The highest BCUT2D eigenvalue weighted by molar-refractivity contribution is 5.87. The number of fused-ring (bicyclic) bond motifs is 3. The van der Waals surface area contributed by atoms with Crippen molar-refractivity contribution in [2.45, 2.75) is 70.1 Å². The molecule has 1 saturated carbocycles. The first-order valence-corrected chi connectivity index (χ1v) is 11.8. The number of para-hydroxylation sites is 1. The number of benzene rings is 2. The van der Waals surface area contributed by atoms with Crippen molar-refractivity contribution in [3.8, 4) is 0 Å². The van der Waals surface area contributed by atoms with Gasteiger partial charge < -0.3 is 9.72 Å². The van der Waals surface area contributed by atoms with E-state index in [0.29, 0.717) is 13.0 Å². The summed E-state index contributed by atoms with van der Waals surface area (Å²) < 4.78 is 5.72. The van der Waals surface area contributed by atoms with Crippen LogP contribution < -0.4 is 5.32 Å². The number of aromatic amines is 1. The van der Waals surface area contributed by atoms with Crippen LogP contribution in [0.2, 0.25) is 0 Å². The van der Waals surface area contributed by atoms with Crippen molar-refractivity contribution in [2.75, 3.05) is 0 Å². The fourth-order valence-electron chi connectivity index (χ4n) is 5.43. The quantitative estimate of drug-likeness (QED) is 0.407. The first-order chi connectivity index (χ1) is 15.3. The highest BCUT2D eigenvalue weighted by Crippen LogP contribution is 2.37. The molecular formula is C27H32N2O2. The first-order valence-electron chi connectivity index (χ1n) is 11.8. The fourth-order valence-corrected chi connectivity index (χ4v) is 5.43. The van der Waals surface area contributed by atoms with E-state index < -0.39 is 0 Å². The first kappa shape index (κ1) is 20.3. The largest absolute Gasteiger partial charge is 0.460 e. The molecule has 2 N–H and O–H groups in total. The maximum atomic E-state index is 13.0. The van der Waals surface area contributed by atoms with Gasteiger partial charge in [-0.05, 0) is 29.5 Å². The van der Waals surface area contributed by atoms with E-state index in [2.05, 4.69) is 34.6 Å². The third kappa shape index (κ3) is 4.54. The molecule has 2 heterocycles. The monoisotopic (exact) mass is 416 g/mol. The van der Waals surface area contributed by atoms with Crippen LogP contribution in [0.5, 0.6) is 0 Å². The molecule has 1 aliphatic carbocycles. The molecule has 0 spiro atoms. The molecular weight excluding hydrogens is 384 g/mol. The molecule has 0 saturated heterocycles. The summed E-state index contributed by atoms with van der Waals surface area (Å²) in [6.07, 6.45) is 9.75. The molecule has 5 rings (SSSR count). The van der Waals surface area contributed by atoms with Gasteiger partial charge >= 0.3 is 5.97 Å². The Labute approximate surface area is 184 Å². The summed E-state index contributed by atoms with van der Waals surface area (Å²) in [5.74, 6) is 0.573. The lowest BCUT2D eigenvalue weighted by molar-refractivity contribution is -0.148. The van der Waals surface area contributed by atoms with Crippen molar-refractivity contribution in [3.63, 3.8) is 0 Å². The SMILES string of the molecule is O=C(OCc1ccccc1)[C@@H]1Cc2c([nH]c3ccccc23)[C@@H](CC2CCCCCC2)N1. The molecule has 3 aromatic rings. The van der Waals surface area contributed by atoms with E-state index in [1.807, 2.05) is 30.3 Å². The van der Waals surface area contributed by atoms with E-state index in [-0.39, 0.29) is 18.1 Å². The standard InChI is InChI=1S/C27H32N2O2/c30-27(31-18-20-12-6-3-7-13-20)25-17-22-21-14-8-9-15-23(21)29-26(22)24(28-25)16-19-10-4-1-2-5-11-19/h3,6-9,12-15,19,24-25,28-29H,1-2,4-5,10-11,16-18H2/t24-,25+/m1/s1. The summed E-state index contributed by atoms with van der Waals surface area (Å²) in [7, 11) is 0. The highest BCUT2D eigenvalue weighted by Gasteiger charge is 2.35. The van der Waals surface area contributed by atoms with E-state index in [0.717, 1.165) is 17.9 Å². The molecule has 0 unspecified atom stereocenters. The number of carbonyl (C=O) groups excluding carboxylic acids is 1. The predicted molar refractivity (Wildman–Crippen MR) is 124 cm³/mol. The molecule has 2 aromatic carbocycles. The minimum Gasteiger partial charge on any atom is -0.460 e. The fraction of sp³-hybridized carbons (Fsp3) is 0.444. The van der Waals surface area contributed by atoms with Gasteiger partial charge in [0.05, 0.1) is 0 Å². The van der Waals surface area contributed by atoms with Crippen LogP contribution in [0.15, 0.2) is 54.6 Å². The molecule has 2 aliphatic rings. The lowest BCUT2D eigenvalue weighted by Crippen LogP contribution is -2.46. The Morgan fingerprint density at radius 1 is 0.935 bits per heavy atom. The van der Waals surface area contributed by atoms with Crippen LogP contribution in [0.25, 0.3) is 10.9 Å². The van der Waals surface area contributed by atoms with Gasteiger partial charge in [0.15, 0.2) is 0 Å². The summed E-state index contributed by atoms with van der Waals surface area (Å²) in [5, 5.41) is 4.91. The van der Waals surface area contributed by atoms with Gasteiger partial charge in [0.2, 0.25) is 0 Å². The number of nitrogens with one attached hydrogen (secondary N) is 2. The molecule has 4 heteroatoms. The van der Waals surface area contributed by atoms with E-state index >= 15 is 0 Å². The third-order valence-electron chi connectivity index (χ3n) is 7.06. The van der Waals surface area contributed by atoms with Gasteiger partial charge in [-0.1, -0.05) is 87.1 Å². The molecule has 1 aliphatic heterocycles. The van der Waals surface area contributed by atoms with Crippen LogP contribution >= 0.6 is 0 Å². The summed E-state index contributed by atoms with van der Waals surface area (Å²) in [6.45, 7) is 0.325. The highest BCUT2D eigenvalue weighted by atomic mass is 16.5. The number of hydrogen-bond acceptors (Lipinski definition) is 3. The topological polar surface area (TPSA) is 54.1 Å². The van der Waals surface area contributed by atoms with Crippen LogP contribution in [0.3, 0.4) is 0 Å². The molecule has 2 atom stereocenters. The van der Waals surface area contributed by atoms with Crippen molar-refractivity contribution in [2.24, 2.45) is 5.92 Å².